The van der Waals surface area contributed by atoms with Crippen molar-refractivity contribution in [1.29, 1.82) is 0 Å². The number of carbonyl (C=O) groups is 2. The Morgan fingerprint density at radius 2 is 1.49 bits per heavy atom. The molecule has 0 fully saturated rings. The molecule has 0 saturated carbocycles. The van der Waals surface area contributed by atoms with Crippen LogP contribution in [0.5, 0.6) is 0 Å². The van der Waals surface area contributed by atoms with E-state index in [4.69, 9.17) is 0 Å². The van der Waals surface area contributed by atoms with Gasteiger partial charge in [-0.15, -0.1) is 0 Å². The SMILES string of the molecule is CCc1ccccc1N(CC(=O)N(Cc1cccc(Br)c1)[C@H](Cc1ccccc1)C(=O)NC(C)C)S(=O)(=O)c1ccc(C)cc1. The summed E-state index contributed by atoms with van der Waals surface area (Å²) < 4.78 is 30.6. The minimum atomic E-state index is -4.16. The maximum Gasteiger partial charge on any atom is 0.264 e. The number of amides is 2. The highest BCUT2D eigenvalue weighted by Crippen LogP contribution is 2.29. The number of hydrogen-bond donors (Lipinski definition) is 1. The Morgan fingerprint density at radius 3 is 2.13 bits per heavy atom. The van der Waals surface area contributed by atoms with E-state index in [1.54, 1.807) is 36.4 Å². The second-order valence-electron chi connectivity index (χ2n) is 11.3. The van der Waals surface area contributed by atoms with Gasteiger partial charge in [0.15, 0.2) is 0 Å². The van der Waals surface area contributed by atoms with Gasteiger partial charge in [-0.1, -0.05) is 101 Å². The molecule has 7 nitrogen and oxygen atoms in total. The van der Waals surface area contributed by atoms with E-state index in [9.17, 15) is 18.0 Å². The Labute approximate surface area is 275 Å². The second kappa shape index (κ2) is 15.4. The Morgan fingerprint density at radius 1 is 0.844 bits per heavy atom. The molecular weight excluding hydrogens is 650 g/mol. The molecule has 0 radical (unpaired) electrons. The van der Waals surface area contributed by atoms with Crippen molar-refractivity contribution < 1.29 is 18.0 Å². The number of hydrogen-bond acceptors (Lipinski definition) is 4. The second-order valence-corrected chi connectivity index (χ2v) is 14.1. The predicted molar refractivity (Wildman–Crippen MR) is 183 cm³/mol. The van der Waals surface area contributed by atoms with Crippen molar-refractivity contribution >= 4 is 43.5 Å². The summed E-state index contributed by atoms with van der Waals surface area (Å²) in [5.41, 5.74) is 3.83. The summed E-state index contributed by atoms with van der Waals surface area (Å²) in [5, 5.41) is 2.99. The van der Waals surface area contributed by atoms with E-state index in [-0.39, 0.29) is 29.8 Å². The van der Waals surface area contributed by atoms with Crippen LogP contribution in [0.4, 0.5) is 5.69 Å². The average molecular weight is 691 g/mol. The molecule has 0 unspecified atom stereocenters. The van der Waals surface area contributed by atoms with Gasteiger partial charge in [0.05, 0.1) is 10.6 Å². The fourth-order valence-corrected chi connectivity index (χ4v) is 7.07. The largest absolute Gasteiger partial charge is 0.352 e. The molecule has 0 spiro atoms. The van der Waals surface area contributed by atoms with Crippen molar-refractivity contribution in [1.82, 2.24) is 10.2 Å². The third-order valence-corrected chi connectivity index (χ3v) is 9.74. The molecule has 9 heteroatoms. The summed E-state index contributed by atoms with van der Waals surface area (Å²) in [4.78, 5) is 30.0. The Hall–Kier alpha value is -3.95. The van der Waals surface area contributed by atoms with Gasteiger partial charge < -0.3 is 10.2 Å². The van der Waals surface area contributed by atoms with Crippen LogP contribution in [-0.2, 0) is 39.0 Å². The number of nitrogens with zero attached hydrogens (tertiary/aromatic N) is 2. The lowest BCUT2D eigenvalue weighted by atomic mass is 10.0. The van der Waals surface area contributed by atoms with Crippen LogP contribution in [0, 0.1) is 6.92 Å². The minimum Gasteiger partial charge on any atom is -0.352 e. The van der Waals surface area contributed by atoms with Gasteiger partial charge in [0.25, 0.3) is 10.0 Å². The van der Waals surface area contributed by atoms with Crippen LogP contribution in [0.1, 0.15) is 43.0 Å². The van der Waals surface area contributed by atoms with Gasteiger partial charge in [-0.3, -0.25) is 13.9 Å². The number of halogens is 1. The lowest BCUT2D eigenvalue weighted by Gasteiger charge is -2.34. The molecule has 0 aromatic heterocycles. The molecule has 0 aliphatic rings. The minimum absolute atomic E-state index is 0.0868. The first-order valence-corrected chi connectivity index (χ1v) is 17.3. The lowest BCUT2D eigenvalue weighted by Crippen LogP contribution is -2.54. The first-order valence-electron chi connectivity index (χ1n) is 15.0. The third-order valence-electron chi connectivity index (χ3n) is 7.47. The lowest BCUT2D eigenvalue weighted by molar-refractivity contribution is -0.140. The van der Waals surface area contributed by atoms with E-state index in [2.05, 4.69) is 21.2 Å². The maximum atomic E-state index is 14.6. The first kappa shape index (κ1) is 33.9. The van der Waals surface area contributed by atoms with Crippen molar-refractivity contribution in [3.63, 3.8) is 0 Å². The van der Waals surface area contributed by atoms with Crippen molar-refractivity contribution in [3.8, 4) is 0 Å². The van der Waals surface area contributed by atoms with E-state index in [1.807, 2.05) is 94.4 Å². The number of anilines is 1. The van der Waals surface area contributed by atoms with Gasteiger partial charge in [0, 0.05) is 23.5 Å². The van der Waals surface area contributed by atoms with Crippen LogP contribution in [0.2, 0.25) is 0 Å². The fraction of sp³-hybridized carbons (Fsp3) is 0.278. The van der Waals surface area contributed by atoms with Crippen LogP contribution < -0.4 is 9.62 Å². The monoisotopic (exact) mass is 689 g/mol. The predicted octanol–water partition coefficient (Wildman–Crippen LogP) is 6.68. The van der Waals surface area contributed by atoms with Gasteiger partial charge in [-0.05, 0) is 74.2 Å². The van der Waals surface area contributed by atoms with E-state index in [0.29, 0.717) is 12.1 Å². The first-order chi connectivity index (χ1) is 21.5. The molecule has 0 aliphatic carbocycles. The summed E-state index contributed by atoms with van der Waals surface area (Å²) >= 11 is 3.52. The van der Waals surface area contributed by atoms with E-state index >= 15 is 0 Å². The third kappa shape index (κ3) is 8.83. The summed E-state index contributed by atoms with van der Waals surface area (Å²) in [5.74, 6) is -0.796. The summed E-state index contributed by atoms with van der Waals surface area (Å²) in [7, 11) is -4.16. The number of sulfonamides is 1. The Bertz CT molecular complexity index is 1710. The Kier molecular flexibility index (Phi) is 11.6. The van der Waals surface area contributed by atoms with Gasteiger partial charge in [-0.25, -0.2) is 8.42 Å². The van der Waals surface area contributed by atoms with Crippen LogP contribution in [-0.4, -0.2) is 43.8 Å². The van der Waals surface area contributed by atoms with E-state index < -0.39 is 28.5 Å². The number of para-hydroxylation sites is 1. The highest BCUT2D eigenvalue weighted by molar-refractivity contribution is 9.10. The van der Waals surface area contributed by atoms with E-state index in [0.717, 1.165) is 26.7 Å². The number of nitrogens with one attached hydrogen (secondary N) is 1. The molecule has 1 N–H and O–H groups in total. The quantitative estimate of drug-likeness (QED) is 0.170. The highest BCUT2D eigenvalue weighted by atomic mass is 79.9. The van der Waals surface area contributed by atoms with Crippen molar-refractivity contribution in [2.75, 3.05) is 10.8 Å². The molecular formula is C36H40BrN3O4S. The number of aryl methyl sites for hydroxylation is 2. The summed E-state index contributed by atoms with van der Waals surface area (Å²) in [6, 6.07) is 29.8. The molecule has 2 amide bonds. The maximum absolute atomic E-state index is 14.6. The molecule has 4 aromatic rings. The molecule has 4 rings (SSSR count). The fourth-order valence-electron chi connectivity index (χ4n) is 5.17. The highest BCUT2D eigenvalue weighted by Gasteiger charge is 2.35. The van der Waals surface area contributed by atoms with Crippen LogP contribution in [0.25, 0.3) is 0 Å². The molecule has 0 saturated heterocycles. The smallest absolute Gasteiger partial charge is 0.264 e. The van der Waals surface area contributed by atoms with Gasteiger partial charge >= 0.3 is 0 Å². The number of carbonyl (C=O) groups excluding carboxylic acids is 2. The zero-order valence-corrected chi connectivity index (χ0v) is 28.5. The van der Waals surface area contributed by atoms with Crippen LogP contribution in [0.3, 0.4) is 0 Å². The standard InChI is InChI=1S/C36H40BrN3O4S/c1-5-30-15-9-10-17-33(30)40(45(43,44)32-20-18-27(4)19-21-32)25-35(41)39(24-29-14-11-16-31(37)22-29)34(36(42)38-26(2)3)23-28-12-7-6-8-13-28/h6-22,26,34H,5,23-25H2,1-4H3,(H,38,42)/t34-/m1/s1. The molecule has 1 atom stereocenters. The summed E-state index contributed by atoms with van der Waals surface area (Å²) in [6.07, 6.45) is 0.828. The topological polar surface area (TPSA) is 86.8 Å². The van der Waals surface area contributed by atoms with Gasteiger partial charge in [-0.2, -0.15) is 0 Å². The van der Waals surface area contributed by atoms with Crippen molar-refractivity contribution in [2.45, 2.75) is 64.1 Å². The van der Waals surface area contributed by atoms with Crippen molar-refractivity contribution in [2.24, 2.45) is 0 Å². The number of benzene rings is 4. The van der Waals surface area contributed by atoms with E-state index in [1.165, 1.54) is 9.21 Å². The molecule has 0 aliphatic heterocycles. The summed E-state index contributed by atoms with van der Waals surface area (Å²) in [6.45, 7) is 7.20. The zero-order chi connectivity index (χ0) is 32.6. The van der Waals surface area contributed by atoms with Crippen LogP contribution in [0.15, 0.2) is 112 Å². The van der Waals surface area contributed by atoms with Gasteiger partial charge in [0.2, 0.25) is 11.8 Å². The molecule has 4 aromatic carbocycles. The molecule has 0 heterocycles. The van der Waals surface area contributed by atoms with Crippen molar-refractivity contribution in [3.05, 3.63) is 130 Å². The molecule has 236 valence electrons. The Balaban J connectivity index is 1.83. The number of rotatable bonds is 13. The zero-order valence-electron chi connectivity index (χ0n) is 26.1. The average Bonchev–Trinajstić information content (AvgIpc) is 3.01. The van der Waals surface area contributed by atoms with Crippen LogP contribution >= 0.6 is 15.9 Å². The normalized spacial score (nSPS) is 12.0. The molecule has 45 heavy (non-hydrogen) atoms. The molecule has 0 bridgehead atoms. The van der Waals surface area contributed by atoms with Gasteiger partial charge in [0.1, 0.15) is 12.6 Å².